The van der Waals surface area contributed by atoms with Gasteiger partial charge in [-0.05, 0) is 69.2 Å². The second-order valence-electron chi connectivity index (χ2n) is 7.20. The number of carbonyl (C=O) groups excluding carboxylic acids is 2. The molecule has 0 aliphatic heterocycles. The fraction of sp³-hybridized carbons (Fsp3) is 0.174. The van der Waals surface area contributed by atoms with Crippen LogP contribution in [0.5, 0.6) is 0 Å². The summed E-state index contributed by atoms with van der Waals surface area (Å²) in [7, 11) is -4.05. The van der Waals surface area contributed by atoms with Gasteiger partial charge in [0.2, 0.25) is 15.6 Å². The zero-order chi connectivity index (χ0) is 22.1. The molecule has 2 aromatic carbocycles. The van der Waals surface area contributed by atoms with Gasteiger partial charge in [-0.1, -0.05) is 29.8 Å². The highest BCUT2D eigenvalue weighted by Gasteiger charge is 2.32. The van der Waals surface area contributed by atoms with Crippen molar-refractivity contribution in [2.45, 2.75) is 32.6 Å². The second kappa shape index (κ2) is 8.20. The van der Waals surface area contributed by atoms with Crippen molar-refractivity contribution >= 4 is 33.1 Å². The first-order chi connectivity index (χ1) is 14.1. The third-order valence-electron chi connectivity index (χ3n) is 4.89. The highest BCUT2D eigenvalue weighted by Crippen LogP contribution is 2.28. The molecular weight excluding hydrogens is 400 g/mol. The van der Waals surface area contributed by atoms with Crippen LogP contribution in [0.2, 0.25) is 0 Å². The smallest absolute Gasteiger partial charge is 0.306 e. The van der Waals surface area contributed by atoms with Gasteiger partial charge < -0.3 is 5.32 Å². The number of Topliss-reactive ketones (excluding diaryl/α,β-unsaturated/α-hetero) is 1. The highest BCUT2D eigenvalue weighted by molar-refractivity contribution is 7.96. The van der Waals surface area contributed by atoms with Gasteiger partial charge in [-0.15, -0.1) is 0 Å². The molecule has 6 nitrogen and oxygen atoms in total. The Hall–Kier alpha value is -3.32. The lowest BCUT2D eigenvalue weighted by Gasteiger charge is -2.17. The number of nitrogens with zero attached hydrogens (tertiary/aromatic N) is 1. The number of hydrogen-bond acceptors (Lipinski definition) is 4. The summed E-state index contributed by atoms with van der Waals surface area (Å²) in [5, 5.41) is 2.66. The molecule has 2 aromatic rings. The van der Waals surface area contributed by atoms with E-state index < -0.39 is 26.6 Å². The Balaban J connectivity index is 2.00. The first kappa shape index (κ1) is 21.4. The van der Waals surface area contributed by atoms with Crippen LogP contribution in [0.4, 0.5) is 10.5 Å². The van der Waals surface area contributed by atoms with E-state index in [0.29, 0.717) is 11.3 Å². The summed E-state index contributed by atoms with van der Waals surface area (Å²) in [4.78, 5) is 28.8. The first-order valence-electron chi connectivity index (χ1n) is 9.32. The summed E-state index contributed by atoms with van der Waals surface area (Å²) in [6.07, 6.45) is 1.18. The molecule has 2 amide bonds. The van der Waals surface area contributed by atoms with Gasteiger partial charge in [-0.3, -0.25) is 4.79 Å². The molecule has 3 rings (SSSR count). The minimum atomic E-state index is -4.05. The molecule has 1 N–H and O–H groups in total. The van der Waals surface area contributed by atoms with E-state index >= 15 is 0 Å². The molecule has 0 heterocycles. The predicted octanol–water partition coefficient (Wildman–Crippen LogP) is 4.55. The number of allylic oxidation sites excluding steroid dienone is 4. The van der Waals surface area contributed by atoms with Gasteiger partial charge in [-0.25, -0.2) is 13.2 Å². The second-order valence-corrected chi connectivity index (χ2v) is 9.12. The quantitative estimate of drug-likeness (QED) is 0.734. The van der Waals surface area contributed by atoms with Crippen molar-refractivity contribution in [3.63, 3.8) is 0 Å². The molecule has 154 valence electrons. The van der Waals surface area contributed by atoms with Gasteiger partial charge in [0.15, 0.2) is 0 Å². The van der Waals surface area contributed by atoms with E-state index in [9.17, 15) is 18.0 Å². The maximum Gasteiger partial charge on any atom is 0.345 e. The number of hydrogen-bond donors (Lipinski definition) is 1. The van der Waals surface area contributed by atoms with Crippen molar-refractivity contribution in [3.05, 3.63) is 81.8 Å². The van der Waals surface area contributed by atoms with E-state index in [2.05, 4.69) is 10.3 Å². The fourth-order valence-electron chi connectivity index (χ4n) is 2.99. The summed E-state index contributed by atoms with van der Waals surface area (Å²) >= 11 is 0. The Labute approximate surface area is 176 Å². The van der Waals surface area contributed by atoms with E-state index in [-0.39, 0.29) is 16.2 Å². The Morgan fingerprint density at radius 2 is 1.57 bits per heavy atom. The van der Waals surface area contributed by atoms with E-state index in [1.807, 2.05) is 19.9 Å². The number of urea groups is 1. The van der Waals surface area contributed by atoms with E-state index in [1.165, 1.54) is 25.1 Å². The van der Waals surface area contributed by atoms with Crippen LogP contribution in [0.15, 0.2) is 80.5 Å². The topological polar surface area (TPSA) is 92.7 Å². The molecule has 0 atom stereocenters. The average molecular weight is 423 g/mol. The molecule has 0 saturated carbocycles. The first-order valence-corrected chi connectivity index (χ1v) is 10.8. The van der Waals surface area contributed by atoms with E-state index in [1.54, 1.807) is 37.3 Å². The van der Waals surface area contributed by atoms with Crippen molar-refractivity contribution in [3.8, 4) is 0 Å². The van der Waals surface area contributed by atoms with Crippen LogP contribution >= 0.6 is 0 Å². The SMILES string of the molecule is CC1=C(C)C(=NC(=O)Nc2cccc(C)c2)C=C(S(=O)(=O)c2ccc(C)cc2)C1=O. The van der Waals surface area contributed by atoms with E-state index in [0.717, 1.165) is 11.1 Å². The minimum Gasteiger partial charge on any atom is -0.306 e. The van der Waals surface area contributed by atoms with Crippen LogP contribution in [0.1, 0.15) is 25.0 Å². The Morgan fingerprint density at radius 3 is 2.20 bits per heavy atom. The standard InChI is InChI=1S/C23H22N2O4S/c1-14-8-10-19(11-9-14)30(28,29)21-13-20(16(3)17(4)22(21)26)25-23(27)24-18-7-5-6-15(2)12-18/h5-13H,1-4H3,(H,24,27). The molecule has 1 aliphatic rings. The van der Waals surface area contributed by atoms with Gasteiger partial charge >= 0.3 is 6.03 Å². The molecule has 0 saturated heterocycles. The van der Waals surface area contributed by atoms with Crippen molar-refractivity contribution in [2.24, 2.45) is 4.99 Å². The number of benzene rings is 2. The van der Waals surface area contributed by atoms with Gasteiger partial charge in [0.05, 0.1) is 10.6 Å². The summed E-state index contributed by atoms with van der Waals surface area (Å²) in [6, 6.07) is 12.8. The van der Waals surface area contributed by atoms with Crippen LogP contribution in [0.3, 0.4) is 0 Å². The molecule has 0 fully saturated rings. The largest absolute Gasteiger partial charge is 0.345 e. The monoisotopic (exact) mass is 422 g/mol. The normalized spacial score (nSPS) is 15.9. The third-order valence-corrected chi connectivity index (χ3v) is 6.67. The fourth-order valence-corrected chi connectivity index (χ4v) is 4.40. The predicted molar refractivity (Wildman–Crippen MR) is 117 cm³/mol. The molecule has 0 radical (unpaired) electrons. The highest BCUT2D eigenvalue weighted by atomic mass is 32.2. The number of aryl methyl sites for hydroxylation is 2. The van der Waals surface area contributed by atoms with Crippen LogP contribution in [-0.4, -0.2) is 25.9 Å². The number of anilines is 1. The molecule has 0 unspecified atom stereocenters. The van der Waals surface area contributed by atoms with Crippen molar-refractivity contribution < 1.29 is 18.0 Å². The lowest BCUT2D eigenvalue weighted by Crippen LogP contribution is -2.23. The maximum atomic E-state index is 13.1. The van der Waals surface area contributed by atoms with Crippen LogP contribution < -0.4 is 5.32 Å². The summed E-state index contributed by atoms with van der Waals surface area (Å²) in [5.74, 6) is -0.592. The zero-order valence-corrected chi connectivity index (χ0v) is 18.0. The van der Waals surface area contributed by atoms with E-state index in [4.69, 9.17) is 0 Å². The lowest BCUT2D eigenvalue weighted by atomic mass is 9.96. The average Bonchev–Trinajstić information content (AvgIpc) is 2.68. The maximum absolute atomic E-state index is 13.1. The molecule has 0 spiro atoms. The van der Waals surface area contributed by atoms with Crippen LogP contribution in [-0.2, 0) is 14.6 Å². The third kappa shape index (κ3) is 4.31. The molecule has 30 heavy (non-hydrogen) atoms. The number of carbonyl (C=O) groups is 2. The molecule has 0 aromatic heterocycles. The molecule has 7 heteroatoms. The van der Waals surface area contributed by atoms with Crippen molar-refractivity contribution in [1.29, 1.82) is 0 Å². The molecular formula is C23H22N2O4S. The van der Waals surface area contributed by atoms with Crippen LogP contribution in [0.25, 0.3) is 0 Å². The number of amides is 2. The number of ketones is 1. The van der Waals surface area contributed by atoms with Gasteiger partial charge in [0, 0.05) is 11.3 Å². The number of sulfone groups is 1. The lowest BCUT2D eigenvalue weighted by molar-refractivity contribution is -0.111. The van der Waals surface area contributed by atoms with Gasteiger partial charge in [0.25, 0.3) is 0 Å². The molecule has 1 aliphatic carbocycles. The van der Waals surface area contributed by atoms with Crippen molar-refractivity contribution in [1.82, 2.24) is 0 Å². The number of nitrogens with one attached hydrogen (secondary N) is 1. The van der Waals surface area contributed by atoms with Gasteiger partial charge in [-0.2, -0.15) is 4.99 Å². The Morgan fingerprint density at radius 1 is 0.900 bits per heavy atom. The Bertz CT molecular complexity index is 1230. The number of rotatable bonds is 3. The number of aliphatic imine (C=N–C) groups is 1. The summed E-state index contributed by atoms with van der Waals surface area (Å²) in [5.41, 5.74) is 3.29. The minimum absolute atomic E-state index is 0.0172. The van der Waals surface area contributed by atoms with Crippen molar-refractivity contribution in [2.75, 3.05) is 5.32 Å². The van der Waals surface area contributed by atoms with Gasteiger partial charge in [0.1, 0.15) is 4.91 Å². The Kier molecular flexibility index (Phi) is 5.85. The molecule has 0 bridgehead atoms. The summed E-state index contributed by atoms with van der Waals surface area (Å²) < 4.78 is 26.1. The van der Waals surface area contributed by atoms with Crippen LogP contribution in [0, 0.1) is 13.8 Å². The zero-order valence-electron chi connectivity index (χ0n) is 17.2. The summed E-state index contributed by atoms with van der Waals surface area (Å²) in [6.45, 7) is 6.91.